The summed E-state index contributed by atoms with van der Waals surface area (Å²) in [5.41, 5.74) is 0. The highest BCUT2D eigenvalue weighted by molar-refractivity contribution is 7.99. The lowest BCUT2D eigenvalue weighted by Gasteiger charge is -2.05. The third-order valence-electron chi connectivity index (χ3n) is 1.35. The molecule has 0 amide bonds. The second kappa shape index (κ2) is 5.16. The molecule has 1 rings (SSSR count). The summed E-state index contributed by atoms with van der Waals surface area (Å²) in [5, 5.41) is 17.7. The summed E-state index contributed by atoms with van der Waals surface area (Å²) in [7, 11) is 0. The first kappa shape index (κ1) is 10.4. The molecule has 0 spiro atoms. The predicted octanol–water partition coefficient (Wildman–Crippen LogP) is 0.666. The lowest BCUT2D eigenvalue weighted by Crippen LogP contribution is -2.14. The van der Waals surface area contributed by atoms with Gasteiger partial charge in [-0.15, -0.1) is 11.8 Å². The van der Waals surface area contributed by atoms with E-state index in [1.165, 1.54) is 18.3 Å². The van der Waals surface area contributed by atoms with E-state index in [0.29, 0.717) is 0 Å². The standard InChI is InChI=1S/C8H10FNO2S/c9-7-2-1-3-10-8(7)13-5-6(12)4-11/h1-3,6,11-12H,4-5H2. The predicted molar refractivity (Wildman–Crippen MR) is 48.0 cm³/mol. The van der Waals surface area contributed by atoms with Gasteiger partial charge in [-0.2, -0.15) is 0 Å². The summed E-state index contributed by atoms with van der Waals surface area (Å²) in [4.78, 5) is 3.78. The van der Waals surface area contributed by atoms with Gasteiger partial charge in [0, 0.05) is 11.9 Å². The minimum atomic E-state index is -0.827. The molecule has 1 atom stereocenters. The van der Waals surface area contributed by atoms with Crippen molar-refractivity contribution in [2.75, 3.05) is 12.4 Å². The number of aliphatic hydroxyl groups is 2. The molecule has 1 unspecified atom stereocenters. The van der Waals surface area contributed by atoms with Gasteiger partial charge < -0.3 is 10.2 Å². The van der Waals surface area contributed by atoms with Crippen LogP contribution in [-0.4, -0.2) is 33.7 Å². The first-order chi connectivity index (χ1) is 6.24. The third kappa shape index (κ3) is 3.30. The van der Waals surface area contributed by atoms with Gasteiger partial charge in [0.15, 0.2) is 5.82 Å². The van der Waals surface area contributed by atoms with Gasteiger partial charge in [-0.3, -0.25) is 0 Å². The second-order valence-electron chi connectivity index (χ2n) is 2.44. The van der Waals surface area contributed by atoms with Crippen LogP contribution in [0.1, 0.15) is 0 Å². The SMILES string of the molecule is OCC(O)CSc1ncccc1F. The number of rotatable bonds is 4. The normalized spacial score (nSPS) is 12.8. The van der Waals surface area contributed by atoms with Gasteiger partial charge in [-0.1, -0.05) is 0 Å². The van der Waals surface area contributed by atoms with Crippen molar-refractivity contribution in [1.29, 1.82) is 0 Å². The number of hydrogen-bond donors (Lipinski definition) is 2. The summed E-state index contributed by atoms with van der Waals surface area (Å²) < 4.78 is 12.9. The highest BCUT2D eigenvalue weighted by atomic mass is 32.2. The van der Waals surface area contributed by atoms with E-state index in [9.17, 15) is 4.39 Å². The van der Waals surface area contributed by atoms with Crippen molar-refractivity contribution in [3.63, 3.8) is 0 Å². The van der Waals surface area contributed by atoms with E-state index in [-0.39, 0.29) is 17.4 Å². The maximum Gasteiger partial charge on any atom is 0.155 e. The zero-order valence-electron chi connectivity index (χ0n) is 6.85. The quantitative estimate of drug-likeness (QED) is 0.706. The van der Waals surface area contributed by atoms with Crippen LogP contribution in [0.4, 0.5) is 4.39 Å². The van der Waals surface area contributed by atoms with Crippen LogP contribution in [0.25, 0.3) is 0 Å². The topological polar surface area (TPSA) is 53.4 Å². The molecule has 1 aromatic rings. The van der Waals surface area contributed by atoms with E-state index >= 15 is 0 Å². The van der Waals surface area contributed by atoms with Gasteiger partial charge in [0.25, 0.3) is 0 Å². The molecule has 0 bridgehead atoms. The van der Waals surface area contributed by atoms with E-state index in [1.54, 1.807) is 0 Å². The minimum absolute atomic E-state index is 0.241. The molecular weight excluding hydrogens is 193 g/mol. The van der Waals surface area contributed by atoms with E-state index < -0.39 is 11.9 Å². The monoisotopic (exact) mass is 203 g/mol. The number of halogens is 1. The molecule has 5 heteroatoms. The van der Waals surface area contributed by atoms with Gasteiger partial charge in [-0.25, -0.2) is 9.37 Å². The Balaban J connectivity index is 2.50. The van der Waals surface area contributed by atoms with Crippen LogP contribution in [0.3, 0.4) is 0 Å². The van der Waals surface area contributed by atoms with Crippen molar-refractivity contribution >= 4 is 11.8 Å². The molecule has 0 aromatic carbocycles. The third-order valence-corrected chi connectivity index (χ3v) is 2.47. The van der Waals surface area contributed by atoms with Gasteiger partial charge in [0.05, 0.1) is 12.7 Å². The summed E-state index contributed by atoms with van der Waals surface area (Å²) in [6, 6.07) is 2.81. The Morgan fingerprint density at radius 2 is 2.38 bits per heavy atom. The Morgan fingerprint density at radius 1 is 1.62 bits per heavy atom. The molecular formula is C8H10FNO2S. The molecule has 72 valence electrons. The number of aliphatic hydroxyl groups excluding tert-OH is 2. The van der Waals surface area contributed by atoms with E-state index in [4.69, 9.17) is 10.2 Å². The van der Waals surface area contributed by atoms with Gasteiger partial charge >= 0.3 is 0 Å². The average Bonchev–Trinajstić information content (AvgIpc) is 2.16. The Kier molecular flexibility index (Phi) is 4.14. The fraction of sp³-hybridized carbons (Fsp3) is 0.375. The molecule has 0 aliphatic carbocycles. The van der Waals surface area contributed by atoms with Crippen LogP contribution >= 0.6 is 11.8 Å². The van der Waals surface area contributed by atoms with Gasteiger partial charge in [-0.05, 0) is 12.1 Å². The highest BCUT2D eigenvalue weighted by Crippen LogP contribution is 2.18. The molecule has 13 heavy (non-hydrogen) atoms. The van der Waals surface area contributed by atoms with Crippen LogP contribution in [0.5, 0.6) is 0 Å². The first-order valence-electron chi connectivity index (χ1n) is 3.76. The Labute approximate surface area is 79.6 Å². The lowest BCUT2D eigenvalue weighted by molar-refractivity contribution is 0.113. The maximum atomic E-state index is 12.9. The molecule has 0 saturated heterocycles. The highest BCUT2D eigenvalue weighted by Gasteiger charge is 2.07. The van der Waals surface area contributed by atoms with Crippen molar-refractivity contribution in [2.45, 2.75) is 11.1 Å². The van der Waals surface area contributed by atoms with Crippen molar-refractivity contribution in [3.8, 4) is 0 Å². The summed E-state index contributed by atoms with van der Waals surface area (Å²) in [6.45, 7) is -0.318. The zero-order valence-corrected chi connectivity index (χ0v) is 7.67. The number of thioether (sulfide) groups is 1. The molecule has 0 saturated carbocycles. The van der Waals surface area contributed by atoms with Crippen LogP contribution in [0, 0.1) is 5.82 Å². The van der Waals surface area contributed by atoms with E-state index in [0.717, 1.165) is 11.8 Å². The van der Waals surface area contributed by atoms with Crippen LogP contribution in [0.15, 0.2) is 23.4 Å². The Bertz CT molecular complexity index is 272. The largest absolute Gasteiger partial charge is 0.394 e. The summed E-state index contributed by atoms with van der Waals surface area (Å²) >= 11 is 1.08. The molecule has 0 aliphatic rings. The van der Waals surface area contributed by atoms with Crippen molar-refractivity contribution in [2.24, 2.45) is 0 Å². The smallest absolute Gasteiger partial charge is 0.155 e. The average molecular weight is 203 g/mol. The maximum absolute atomic E-state index is 12.9. The molecule has 3 nitrogen and oxygen atoms in total. The molecule has 0 fully saturated rings. The lowest BCUT2D eigenvalue weighted by atomic mass is 10.4. The van der Waals surface area contributed by atoms with E-state index in [2.05, 4.69) is 4.98 Å². The van der Waals surface area contributed by atoms with Crippen LogP contribution < -0.4 is 0 Å². The van der Waals surface area contributed by atoms with Crippen LogP contribution in [-0.2, 0) is 0 Å². The second-order valence-corrected chi connectivity index (χ2v) is 3.45. The first-order valence-corrected chi connectivity index (χ1v) is 4.75. The molecule has 0 aliphatic heterocycles. The fourth-order valence-electron chi connectivity index (χ4n) is 0.705. The number of hydrogen-bond acceptors (Lipinski definition) is 4. The Morgan fingerprint density at radius 3 is 3.00 bits per heavy atom. The zero-order chi connectivity index (χ0) is 9.68. The van der Waals surface area contributed by atoms with Crippen molar-refractivity contribution in [1.82, 2.24) is 4.98 Å². The number of pyridine rings is 1. The fourth-order valence-corrected chi connectivity index (χ4v) is 1.50. The van der Waals surface area contributed by atoms with Crippen molar-refractivity contribution < 1.29 is 14.6 Å². The van der Waals surface area contributed by atoms with Crippen molar-refractivity contribution in [3.05, 3.63) is 24.1 Å². The Hall–Kier alpha value is -0.650. The summed E-state index contributed by atoms with van der Waals surface area (Å²) in [5.74, 6) is -0.164. The number of aromatic nitrogens is 1. The molecule has 0 radical (unpaired) electrons. The van der Waals surface area contributed by atoms with Crippen LogP contribution in [0.2, 0.25) is 0 Å². The summed E-state index contributed by atoms with van der Waals surface area (Å²) in [6.07, 6.45) is 0.655. The van der Waals surface area contributed by atoms with Gasteiger partial charge in [0.1, 0.15) is 5.03 Å². The number of nitrogens with zero attached hydrogens (tertiary/aromatic N) is 1. The van der Waals surface area contributed by atoms with E-state index in [1.807, 2.05) is 0 Å². The minimum Gasteiger partial charge on any atom is -0.394 e. The molecule has 2 N–H and O–H groups in total. The molecule has 1 aromatic heterocycles. The molecule has 1 heterocycles. The van der Waals surface area contributed by atoms with Gasteiger partial charge in [0.2, 0.25) is 0 Å².